The summed E-state index contributed by atoms with van der Waals surface area (Å²) in [6.07, 6.45) is 1.84. The number of hydrogen-bond acceptors (Lipinski definition) is 3. The van der Waals surface area contributed by atoms with E-state index in [0.29, 0.717) is 5.75 Å². The lowest BCUT2D eigenvalue weighted by atomic mass is 10.1. The third-order valence-electron chi connectivity index (χ3n) is 3.18. The summed E-state index contributed by atoms with van der Waals surface area (Å²) in [6, 6.07) is 7.74. The number of carbonyl (C=O) groups is 1. The van der Waals surface area contributed by atoms with E-state index in [1.807, 2.05) is 29.2 Å². The summed E-state index contributed by atoms with van der Waals surface area (Å²) in [5.41, 5.74) is 0.908. The second-order valence-electron chi connectivity index (χ2n) is 4.62. The van der Waals surface area contributed by atoms with Gasteiger partial charge in [0.1, 0.15) is 0 Å². The van der Waals surface area contributed by atoms with Crippen molar-refractivity contribution in [2.45, 2.75) is 30.8 Å². The van der Waals surface area contributed by atoms with E-state index < -0.39 is 6.10 Å². The van der Waals surface area contributed by atoms with E-state index in [2.05, 4.69) is 0 Å². The maximum atomic E-state index is 11.9. The van der Waals surface area contributed by atoms with Crippen LogP contribution in [0, 0.1) is 0 Å². The fourth-order valence-electron chi connectivity index (χ4n) is 2.05. The fourth-order valence-corrected chi connectivity index (χ4v) is 2.85. The fraction of sp³-hybridized carbons (Fsp3) is 0.500. The van der Waals surface area contributed by atoms with Crippen LogP contribution in [0.5, 0.6) is 0 Å². The van der Waals surface area contributed by atoms with Crippen LogP contribution in [0.3, 0.4) is 0 Å². The van der Waals surface area contributed by atoms with Gasteiger partial charge in [-0.2, -0.15) is 0 Å². The molecule has 0 saturated carbocycles. The van der Waals surface area contributed by atoms with Crippen LogP contribution in [-0.4, -0.2) is 34.8 Å². The zero-order valence-corrected chi connectivity index (χ0v) is 11.4. The van der Waals surface area contributed by atoms with Crippen LogP contribution in [0.4, 0.5) is 0 Å². The molecule has 1 aliphatic heterocycles. The van der Waals surface area contributed by atoms with Crippen molar-refractivity contribution >= 4 is 17.7 Å². The van der Waals surface area contributed by atoms with Crippen LogP contribution in [0.2, 0.25) is 0 Å². The maximum absolute atomic E-state index is 11.9. The first-order chi connectivity index (χ1) is 8.66. The Labute approximate surface area is 112 Å². The Kier molecular flexibility index (Phi) is 4.66. The highest BCUT2D eigenvalue weighted by Crippen LogP contribution is 2.22. The lowest BCUT2D eigenvalue weighted by Gasteiger charge is -2.14. The van der Waals surface area contributed by atoms with Gasteiger partial charge in [0.2, 0.25) is 5.91 Å². The molecule has 0 spiro atoms. The number of aliphatic hydroxyl groups excluding tert-OH is 1. The molecule has 1 N–H and O–H groups in total. The molecule has 0 aromatic heterocycles. The van der Waals surface area contributed by atoms with E-state index in [4.69, 9.17) is 0 Å². The van der Waals surface area contributed by atoms with Gasteiger partial charge in [0, 0.05) is 18.0 Å². The summed E-state index contributed by atoms with van der Waals surface area (Å²) in [5.74, 6) is 0.741. The first-order valence-corrected chi connectivity index (χ1v) is 7.34. The molecule has 1 aromatic rings. The molecule has 3 nitrogen and oxygen atoms in total. The number of hydrogen-bond donors (Lipinski definition) is 1. The molecule has 0 bridgehead atoms. The van der Waals surface area contributed by atoms with Crippen molar-refractivity contribution in [2.75, 3.05) is 18.8 Å². The number of likely N-dealkylation sites (tertiary alicyclic amines) is 1. The van der Waals surface area contributed by atoms with Crippen LogP contribution >= 0.6 is 11.8 Å². The second kappa shape index (κ2) is 6.25. The van der Waals surface area contributed by atoms with Gasteiger partial charge < -0.3 is 10.0 Å². The van der Waals surface area contributed by atoms with Crippen LogP contribution in [-0.2, 0) is 4.79 Å². The van der Waals surface area contributed by atoms with Gasteiger partial charge in [0.15, 0.2) is 0 Å². The van der Waals surface area contributed by atoms with Crippen LogP contribution in [0.25, 0.3) is 0 Å². The topological polar surface area (TPSA) is 40.5 Å². The molecule has 0 radical (unpaired) electrons. The third kappa shape index (κ3) is 3.50. The normalized spacial score (nSPS) is 16.9. The summed E-state index contributed by atoms with van der Waals surface area (Å²) < 4.78 is 0. The van der Waals surface area contributed by atoms with Crippen molar-refractivity contribution in [1.29, 1.82) is 0 Å². The van der Waals surface area contributed by atoms with Crippen molar-refractivity contribution in [2.24, 2.45) is 0 Å². The molecule has 98 valence electrons. The van der Waals surface area contributed by atoms with Crippen molar-refractivity contribution in [3.05, 3.63) is 29.8 Å². The summed E-state index contributed by atoms with van der Waals surface area (Å²) in [7, 11) is 0. The van der Waals surface area contributed by atoms with Crippen molar-refractivity contribution in [1.82, 2.24) is 4.90 Å². The van der Waals surface area contributed by atoms with Crippen LogP contribution in [0.1, 0.15) is 31.4 Å². The van der Waals surface area contributed by atoms with Crippen molar-refractivity contribution in [3.8, 4) is 0 Å². The van der Waals surface area contributed by atoms with Gasteiger partial charge in [0.25, 0.3) is 0 Å². The lowest BCUT2D eigenvalue weighted by molar-refractivity contribution is -0.127. The minimum Gasteiger partial charge on any atom is -0.389 e. The highest BCUT2D eigenvalue weighted by Gasteiger charge is 2.17. The van der Waals surface area contributed by atoms with E-state index in [-0.39, 0.29) is 5.91 Å². The van der Waals surface area contributed by atoms with Crippen molar-refractivity contribution in [3.63, 3.8) is 0 Å². The maximum Gasteiger partial charge on any atom is 0.232 e. The van der Waals surface area contributed by atoms with Gasteiger partial charge in [-0.05, 0) is 37.5 Å². The predicted molar refractivity (Wildman–Crippen MR) is 73.6 cm³/mol. The van der Waals surface area contributed by atoms with Gasteiger partial charge in [-0.15, -0.1) is 11.8 Å². The molecule has 1 unspecified atom stereocenters. The van der Waals surface area contributed by atoms with E-state index in [1.54, 1.807) is 18.7 Å². The zero-order chi connectivity index (χ0) is 13.0. The number of nitrogens with zero attached hydrogens (tertiary/aromatic N) is 1. The average molecular weight is 265 g/mol. The zero-order valence-electron chi connectivity index (χ0n) is 10.6. The van der Waals surface area contributed by atoms with Crippen LogP contribution in [0.15, 0.2) is 29.2 Å². The highest BCUT2D eigenvalue weighted by molar-refractivity contribution is 8.00. The van der Waals surface area contributed by atoms with Crippen molar-refractivity contribution < 1.29 is 9.90 Å². The quantitative estimate of drug-likeness (QED) is 0.850. The first kappa shape index (κ1) is 13.4. The molecular weight excluding hydrogens is 246 g/mol. The molecule has 4 heteroatoms. The Balaban J connectivity index is 1.84. The molecule has 1 aliphatic rings. The Morgan fingerprint density at radius 1 is 1.33 bits per heavy atom. The number of benzene rings is 1. The summed E-state index contributed by atoms with van der Waals surface area (Å²) >= 11 is 1.56. The minimum absolute atomic E-state index is 0.233. The largest absolute Gasteiger partial charge is 0.389 e. The Bertz CT molecular complexity index is 397. The van der Waals surface area contributed by atoms with Gasteiger partial charge in [0.05, 0.1) is 11.9 Å². The third-order valence-corrected chi connectivity index (χ3v) is 4.18. The number of rotatable bonds is 4. The molecule has 1 heterocycles. The van der Waals surface area contributed by atoms with Gasteiger partial charge in [-0.1, -0.05) is 12.1 Å². The van der Waals surface area contributed by atoms with Crippen LogP contribution < -0.4 is 0 Å². The smallest absolute Gasteiger partial charge is 0.232 e. The molecular formula is C14H19NO2S. The Morgan fingerprint density at radius 3 is 2.50 bits per heavy atom. The minimum atomic E-state index is -0.435. The molecule has 18 heavy (non-hydrogen) atoms. The molecule has 1 fully saturated rings. The Hall–Kier alpha value is -1.00. The number of amides is 1. The summed E-state index contributed by atoms with van der Waals surface area (Å²) in [6.45, 7) is 3.58. The highest BCUT2D eigenvalue weighted by atomic mass is 32.2. The molecule has 1 atom stereocenters. The molecule has 0 aliphatic carbocycles. The average Bonchev–Trinajstić information content (AvgIpc) is 2.90. The summed E-state index contributed by atoms with van der Waals surface area (Å²) in [4.78, 5) is 14.9. The number of aliphatic hydroxyl groups is 1. The van der Waals surface area contributed by atoms with Gasteiger partial charge in [-0.3, -0.25) is 4.79 Å². The van der Waals surface area contributed by atoms with Gasteiger partial charge >= 0.3 is 0 Å². The Morgan fingerprint density at radius 2 is 1.94 bits per heavy atom. The standard InChI is InChI=1S/C14H19NO2S/c1-11(16)12-4-6-13(7-5-12)18-10-14(17)15-8-2-3-9-15/h4-7,11,16H,2-3,8-10H2,1H3. The molecule has 2 rings (SSSR count). The molecule has 1 aromatic carbocycles. The predicted octanol–water partition coefficient (Wildman–Crippen LogP) is 2.45. The number of carbonyl (C=O) groups excluding carboxylic acids is 1. The monoisotopic (exact) mass is 265 g/mol. The number of thioether (sulfide) groups is 1. The van der Waals surface area contributed by atoms with E-state index >= 15 is 0 Å². The van der Waals surface area contributed by atoms with E-state index in [1.165, 1.54) is 0 Å². The second-order valence-corrected chi connectivity index (χ2v) is 5.67. The SMILES string of the molecule is CC(O)c1ccc(SCC(=O)N2CCCC2)cc1. The van der Waals surface area contributed by atoms with Gasteiger partial charge in [-0.25, -0.2) is 0 Å². The van der Waals surface area contributed by atoms with E-state index in [0.717, 1.165) is 36.4 Å². The molecule has 1 amide bonds. The first-order valence-electron chi connectivity index (χ1n) is 6.35. The molecule has 1 saturated heterocycles. The summed E-state index contributed by atoms with van der Waals surface area (Å²) in [5, 5.41) is 9.41. The van der Waals surface area contributed by atoms with E-state index in [9.17, 15) is 9.90 Å². The lowest BCUT2D eigenvalue weighted by Crippen LogP contribution is -2.29.